The Labute approximate surface area is 117 Å². The van der Waals surface area contributed by atoms with Gasteiger partial charge in [-0.1, -0.05) is 24.3 Å². The molecule has 0 saturated heterocycles. The lowest BCUT2D eigenvalue weighted by atomic mass is 10.2. The van der Waals surface area contributed by atoms with E-state index in [1.165, 1.54) is 6.92 Å². The Hall–Kier alpha value is -2.80. The molecule has 0 fully saturated rings. The van der Waals surface area contributed by atoms with E-state index in [1.54, 1.807) is 24.3 Å². The second-order valence-electron chi connectivity index (χ2n) is 4.12. The molecule has 0 N–H and O–H groups in total. The van der Waals surface area contributed by atoms with Crippen molar-refractivity contribution in [1.82, 2.24) is 0 Å². The molecule has 0 bridgehead atoms. The summed E-state index contributed by atoms with van der Waals surface area (Å²) in [5, 5.41) is 8.63. The molecule has 0 heterocycles. The minimum Gasteiger partial charge on any atom is -0.457 e. The summed E-state index contributed by atoms with van der Waals surface area (Å²) in [5.41, 5.74) is 0.348. The number of nitrogens with zero attached hydrogens (tertiary/aromatic N) is 1. The standard InChI is InChI=1S/C16H13NO3/c1-12(11-17)19-16(18)13-6-5-9-15(10-13)20-14-7-3-2-4-8-14/h2-10,12H,1H3/t12-/m1/s1. The molecule has 0 aliphatic heterocycles. The van der Waals surface area contributed by atoms with Gasteiger partial charge in [0.05, 0.1) is 5.56 Å². The van der Waals surface area contributed by atoms with Gasteiger partial charge in [0.25, 0.3) is 0 Å². The van der Waals surface area contributed by atoms with Crippen molar-refractivity contribution in [3.05, 3.63) is 60.2 Å². The van der Waals surface area contributed by atoms with Crippen LogP contribution in [0.2, 0.25) is 0 Å². The monoisotopic (exact) mass is 267 g/mol. The summed E-state index contributed by atoms with van der Waals surface area (Å²) in [6.45, 7) is 1.52. The van der Waals surface area contributed by atoms with Gasteiger partial charge in [0.15, 0.2) is 6.10 Å². The van der Waals surface area contributed by atoms with Gasteiger partial charge in [-0.15, -0.1) is 0 Å². The zero-order valence-corrected chi connectivity index (χ0v) is 10.9. The molecule has 0 saturated carbocycles. The maximum atomic E-state index is 11.8. The first-order valence-electron chi connectivity index (χ1n) is 6.12. The fourth-order valence-corrected chi connectivity index (χ4v) is 1.57. The molecule has 0 aliphatic rings. The molecule has 4 heteroatoms. The lowest BCUT2D eigenvalue weighted by molar-refractivity contribution is 0.0435. The van der Waals surface area contributed by atoms with E-state index in [-0.39, 0.29) is 0 Å². The fraction of sp³-hybridized carbons (Fsp3) is 0.125. The molecule has 1 atom stereocenters. The average molecular weight is 267 g/mol. The maximum absolute atomic E-state index is 11.8. The molecule has 0 spiro atoms. The third-order valence-electron chi connectivity index (χ3n) is 2.51. The van der Waals surface area contributed by atoms with E-state index in [2.05, 4.69) is 0 Å². The van der Waals surface area contributed by atoms with Crippen molar-refractivity contribution in [2.45, 2.75) is 13.0 Å². The molecule has 100 valence electrons. The average Bonchev–Trinajstić information content (AvgIpc) is 2.48. The highest BCUT2D eigenvalue weighted by Crippen LogP contribution is 2.22. The van der Waals surface area contributed by atoms with E-state index in [1.807, 2.05) is 36.4 Å². The van der Waals surface area contributed by atoms with Crippen molar-refractivity contribution in [2.75, 3.05) is 0 Å². The third-order valence-corrected chi connectivity index (χ3v) is 2.51. The SMILES string of the molecule is C[C@H](C#N)OC(=O)c1cccc(Oc2ccccc2)c1. The largest absolute Gasteiger partial charge is 0.457 e. The minimum atomic E-state index is -0.777. The van der Waals surface area contributed by atoms with Crippen LogP contribution in [-0.4, -0.2) is 12.1 Å². The van der Waals surface area contributed by atoms with Crippen LogP contribution in [0.25, 0.3) is 0 Å². The van der Waals surface area contributed by atoms with Crippen LogP contribution in [0.5, 0.6) is 11.5 Å². The topological polar surface area (TPSA) is 59.3 Å². The minimum absolute atomic E-state index is 0.348. The van der Waals surface area contributed by atoms with Gasteiger partial charge in [0.2, 0.25) is 0 Å². The lowest BCUT2D eigenvalue weighted by Gasteiger charge is -2.08. The van der Waals surface area contributed by atoms with E-state index in [4.69, 9.17) is 14.7 Å². The van der Waals surface area contributed by atoms with Gasteiger partial charge in [-0.2, -0.15) is 5.26 Å². The molecule has 2 rings (SSSR count). The Balaban J connectivity index is 2.12. The Morgan fingerprint density at radius 2 is 1.80 bits per heavy atom. The zero-order chi connectivity index (χ0) is 14.4. The number of hydrogen-bond acceptors (Lipinski definition) is 4. The molecule has 0 amide bonds. The van der Waals surface area contributed by atoms with Crippen molar-refractivity contribution < 1.29 is 14.3 Å². The highest BCUT2D eigenvalue weighted by molar-refractivity contribution is 5.90. The number of benzene rings is 2. The molecular weight excluding hydrogens is 254 g/mol. The number of hydrogen-bond donors (Lipinski definition) is 0. The van der Waals surface area contributed by atoms with Crippen LogP contribution in [0.3, 0.4) is 0 Å². The highest BCUT2D eigenvalue weighted by Gasteiger charge is 2.12. The number of para-hydroxylation sites is 1. The Kier molecular flexibility index (Phi) is 4.35. The second-order valence-corrected chi connectivity index (χ2v) is 4.12. The molecule has 20 heavy (non-hydrogen) atoms. The lowest BCUT2D eigenvalue weighted by Crippen LogP contribution is -2.12. The van der Waals surface area contributed by atoms with Gasteiger partial charge in [-0.05, 0) is 37.3 Å². The van der Waals surface area contributed by atoms with Gasteiger partial charge in [0, 0.05) is 0 Å². The van der Waals surface area contributed by atoms with Gasteiger partial charge in [-0.3, -0.25) is 0 Å². The van der Waals surface area contributed by atoms with Crippen molar-refractivity contribution in [3.8, 4) is 17.6 Å². The van der Waals surface area contributed by atoms with Crippen molar-refractivity contribution in [2.24, 2.45) is 0 Å². The van der Waals surface area contributed by atoms with Crippen LogP contribution in [-0.2, 0) is 4.74 Å². The zero-order valence-electron chi connectivity index (χ0n) is 10.9. The fourth-order valence-electron chi connectivity index (χ4n) is 1.57. The predicted octanol–water partition coefficient (Wildman–Crippen LogP) is 3.55. The van der Waals surface area contributed by atoms with Crippen LogP contribution in [0, 0.1) is 11.3 Å². The summed E-state index contributed by atoms with van der Waals surface area (Å²) >= 11 is 0. The maximum Gasteiger partial charge on any atom is 0.339 e. The first kappa shape index (κ1) is 13.6. The first-order chi connectivity index (χ1) is 9.69. The van der Waals surface area contributed by atoms with E-state index in [0.717, 1.165) is 0 Å². The first-order valence-corrected chi connectivity index (χ1v) is 6.12. The Morgan fingerprint density at radius 1 is 1.10 bits per heavy atom. The molecule has 0 aromatic heterocycles. The molecule has 0 unspecified atom stereocenters. The van der Waals surface area contributed by atoms with Gasteiger partial charge < -0.3 is 9.47 Å². The molecule has 0 radical (unpaired) electrons. The van der Waals surface area contributed by atoms with Crippen molar-refractivity contribution in [3.63, 3.8) is 0 Å². The Morgan fingerprint density at radius 3 is 2.50 bits per heavy atom. The summed E-state index contributed by atoms with van der Waals surface area (Å²) in [6.07, 6.45) is -0.777. The summed E-state index contributed by atoms with van der Waals surface area (Å²) in [7, 11) is 0. The third kappa shape index (κ3) is 3.59. The van der Waals surface area contributed by atoms with E-state index >= 15 is 0 Å². The van der Waals surface area contributed by atoms with Crippen LogP contribution in [0.1, 0.15) is 17.3 Å². The van der Waals surface area contributed by atoms with E-state index in [0.29, 0.717) is 17.1 Å². The van der Waals surface area contributed by atoms with Gasteiger partial charge >= 0.3 is 5.97 Å². The van der Waals surface area contributed by atoms with Gasteiger partial charge in [-0.25, -0.2) is 4.79 Å². The normalized spacial score (nSPS) is 11.2. The number of ether oxygens (including phenoxy) is 2. The number of rotatable bonds is 4. The Bertz CT molecular complexity index is 632. The van der Waals surface area contributed by atoms with Crippen LogP contribution < -0.4 is 4.74 Å². The molecule has 2 aromatic carbocycles. The summed E-state index contributed by atoms with van der Waals surface area (Å²) in [5.74, 6) is 0.677. The number of nitriles is 1. The highest BCUT2D eigenvalue weighted by atomic mass is 16.5. The molecule has 0 aliphatic carbocycles. The number of esters is 1. The summed E-state index contributed by atoms with van der Waals surface area (Å²) in [4.78, 5) is 11.8. The van der Waals surface area contributed by atoms with Crippen LogP contribution >= 0.6 is 0 Å². The van der Waals surface area contributed by atoms with Crippen LogP contribution in [0.4, 0.5) is 0 Å². The summed E-state index contributed by atoms with van der Waals surface area (Å²) in [6, 6.07) is 17.8. The smallest absolute Gasteiger partial charge is 0.339 e. The van der Waals surface area contributed by atoms with Crippen molar-refractivity contribution >= 4 is 5.97 Å². The second kappa shape index (κ2) is 6.39. The van der Waals surface area contributed by atoms with Crippen LogP contribution in [0.15, 0.2) is 54.6 Å². The number of carbonyl (C=O) groups is 1. The van der Waals surface area contributed by atoms with Gasteiger partial charge in [0.1, 0.15) is 17.6 Å². The molecular formula is C16H13NO3. The molecule has 4 nitrogen and oxygen atoms in total. The predicted molar refractivity (Wildman–Crippen MR) is 73.4 cm³/mol. The quantitative estimate of drug-likeness (QED) is 0.795. The van der Waals surface area contributed by atoms with Crippen molar-refractivity contribution in [1.29, 1.82) is 5.26 Å². The summed E-state index contributed by atoms with van der Waals surface area (Å²) < 4.78 is 10.6. The number of carbonyl (C=O) groups excluding carboxylic acids is 1. The van der Waals surface area contributed by atoms with E-state index in [9.17, 15) is 4.79 Å². The molecule has 2 aromatic rings. The van der Waals surface area contributed by atoms with E-state index < -0.39 is 12.1 Å².